The zero-order valence-electron chi connectivity index (χ0n) is 10.8. The van der Waals surface area contributed by atoms with Gasteiger partial charge < -0.3 is 14.2 Å². The van der Waals surface area contributed by atoms with E-state index in [-0.39, 0.29) is 11.7 Å². The highest BCUT2D eigenvalue weighted by Crippen LogP contribution is 2.71. The van der Waals surface area contributed by atoms with Crippen molar-refractivity contribution in [1.29, 1.82) is 0 Å². The van der Waals surface area contributed by atoms with Gasteiger partial charge >= 0.3 is 0 Å². The molecule has 2 heterocycles. The molecule has 3 saturated carbocycles. The van der Waals surface area contributed by atoms with Crippen molar-refractivity contribution < 1.29 is 14.2 Å². The quantitative estimate of drug-likeness (QED) is 0.689. The number of hydrogen-bond acceptors (Lipinski definition) is 3. The van der Waals surface area contributed by atoms with Gasteiger partial charge in [0.25, 0.3) is 0 Å². The van der Waals surface area contributed by atoms with Crippen molar-refractivity contribution >= 4 is 0 Å². The average Bonchev–Trinajstić information content (AvgIpc) is 3.03. The van der Waals surface area contributed by atoms with Crippen LogP contribution in [0.25, 0.3) is 0 Å². The van der Waals surface area contributed by atoms with Crippen molar-refractivity contribution in [3.05, 3.63) is 0 Å². The van der Waals surface area contributed by atoms with Crippen LogP contribution >= 0.6 is 0 Å². The van der Waals surface area contributed by atoms with Gasteiger partial charge in [-0.15, -0.1) is 0 Å². The van der Waals surface area contributed by atoms with Gasteiger partial charge in [0.1, 0.15) is 5.60 Å². The molecule has 96 valence electrons. The number of epoxide rings is 1. The lowest BCUT2D eigenvalue weighted by Gasteiger charge is -2.58. The lowest BCUT2D eigenvalue weighted by Crippen LogP contribution is -2.58. The fraction of sp³-hybridized carbons (Fsp3) is 1.00. The molecule has 5 fully saturated rings. The lowest BCUT2D eigenvalue weighted by atomic mass is 9.45. The second-order valence-electron chi connectivity index (χ2n) is 6.88. The highest BCUT2D eigenvalue weighted by atomic mass is 16.6. The molecule has 0 amide bonds. The van der Waals surface area contributed by atoms with Crippen molar-refractivity contribution in [2.24, 2.45) is 17.3 Å². The normalized spacial score (nSPS) is 54.7. The molecule has 0 aromatic heterocycles. The van der Waals surface area contributed by atoms with Gasteiger partial charge in [-0.25, -0.2) is 0 Å². The van der Waals surface area contributed by atoms with Gasteiger partial charge in [-0.1, -0.05) is 13.8 Å². The molecule has 5 atom stereocenters. The topological polar surface area (TPSA) is 31.0 Å². The molecule has 0 unspecified atom stereocenters. The molecule has 5 aliphatic rings. The van der Waals surface area contributed by atoms with E-state index in [1.165, 1.54) is 12.8 Å². The maximum Gasteiger partial charge on any atom is 0.101 e. The van der Waals surface area contributed by atoms with E-state index in [2.05, 4.69) is 13.8 Å². The highest BCUT2D eigenvalue weighted by Gasteiger charge is 2.74. The third-order valence-electron chi connectivity index (χ3n) is 5.84. The van der Waals surface area contributed by atoms with Gasteiger partial charge in [-0.05, 0) is 30.1 Å². The number of hydrogen-bond donors (Lipinski definition) is 0. The summed E-state index contributed by atoms with van der Waals surface area (Å²) in [7, 11) is 0. The minimum atomic E-state index is 0.156. The molecule has 3 aliphatic carbocycles. The Balaban J connectivity index is 1.50. The van der Waals surface area contributed by atoms with Crippen molar-refractivity contribution in [3.8, 4) is 0 Å². The Morgan fingerprint density at radius 1 is 1.18 bits per heavy atom. The molecule has 3 nitrogen and oxygen atoms in total. The van der Waals surface area contributed by atoms with Crippen molar-refractivity contribution in [2.75, 3.05) is 19.8 Å². The van der Waals surface area contributed by atoms with Gasteiger partial charge in [0, 0.05) is 6.42 Å². The molecule has 17 heavy (non-hydrogen) atoms. The van der Waals surface area contributed by atoms with E-state index in [4.69, 9.17) is 14.2 Å². The van der Waals surface area contributed by atoms with Crippen molar-refractivity contribution in [2.45, 2.75) is 50.9 Å². The third kappa shape index (κ3) is 1.33. The van der Waals surface area contributed by atoms with Crippen molar-refractivity contribution in [3.63, 3.8) is 0 Å². The second-order valence-corrected chi connectivity index (χ2v) is 6.88. The first-order valence-corrected chi connectivity index (χ1v) is 7.00. The minimum absolute atomic E-state index is 0.156. The summed E-state index contributed by atoms with van der Waals surface area (Å²) < 4.78 is 17.4. The first-order chi connectivity index (χ1) is 8.13. The largest absolute Gasteiger partial charge is 0.376 e. The molecule has 0 aromatic carbocycles. The first kappa shape index (κ1) is 10.8. The Labute approximate surface area is 103 Å². The smallest absolute Gasteiger partial charge is 0.101 e. The summed E-state index contributed by atoms with van der Waals surface area (Å²) in [5.41, 5.74) is 0.645. The molecule has 0 aromatic rings. The maximum atomic E-state index is 6.12. The van der Waals surface area contributed by atoms with Crippen LogP contribution in [0.2, 0.25) is 0 Å². The van der Waals surface area contributed by atoms with E-state index in [0.717, 1.165) is 38.1 Å². The van der Waals surface area contributed by atoms with Gasteiger partial charge in [-0.3, -0.25) is 0 Å². The summed E-state index contributed by atoms with van der Waals surface area (Å²) >= 11 is 0. The predicted octanol–water partition coefficient (Wildman–Crippen LogP) is 2.00. The summed E-state index contributed by atoms with van der Waals surface area (Å²) in [6.45, 7) is 7.11. The molecule has 5 rings (SSSR count). The Hall–Kier alpha value is -0.120. The zero-order chi connectivity index (χ0) is 11.7. The van der Waals surface area contributed by atoms with Gasteiger partial charge in [-0.2, -0.15) is 0 Å². The van der Waals surface area contributed by atoms with Crippen LogP contribution in [0.1, 0.15) is 33.1 Å². The highest BCUT2D eigenvalue weighted by molar-refractivity contribution is 5.22. The summed E-state index contributed by atoms with van der Waals surface area (Å²) in [4.78, 5) is 0. The van der Waals surface area contributed by atoms with Crippen LogP contribution < -0.4 is 0 Å². The summed E-state index contributed by atoms with van der Waals surface area (Å²) in [5.74, 6) is 1.65. The van der Waals surface area contributed by atoms with Crippen LogP contribution in [-0.2, 0) is 14.2 Å². The second kappa shape index (κ2) is 3.25. The molecular formula is C14H22O3. The van der Waals surface area contributed by atoms with Crippen LogP contribution in [0, 0.1) is 17.3 Å². The van der Waals surface area contributed by atoms with Crippen LogP contribution in [-0.4, -0.2) is 37.6 Å². The molecule has 2 saturated heterocycles. The Kier molecular flexibility index (Phi) is 2.06. The summed E-state index contributed by atoms with van der Waals surface area (Å²) in [6, 6.07) is 0. The van der Waals surface area contributed by atoms with E-state index in [1.54, 1.807) is 0 Å². The van der Waals surface area contributed by atoms with Gasteiger partial charge in [0.2, 0.25) is 0 Å². The number of rotatable bonds is 2. The monoisotopic (exact) mass is 238 g/mol. The Morgan fingerprint density at radius 2 is 2.06 bits per heavy atom. The van der Waals surface area contributed by atoms with Gasteiger partial charge in [0.05, 0.1) is 32.0 Å². The number of ether oxygens (including phenoxy) is 3. The van der Waals surface area contributed by atoms with Crippen LogP contribution in [0.3, 0.4) is 0 Å². The molecule has 0 spiro atoms. The standard InChI is InChI=1S/C14H22O3/c1-13(2)9-5-11(13)14(12(6-9)17-14)7-10-8-15-3-4-16-10/h9-12H,3-8H2,1-2H3/t9-,10-,11-,12+,14-/m1/s1. The zero-order valence-corrected chi connectivity index (χ0v) is 10.8. The average molecular weight is 238 g/mol. The maximum absolute atomic E-state index is 6.12. The Morgan fingerprint density at radius 3 is 2.76 bits per heavy atom. The van der Waals surface area contributed by atoms with E-state index < -0.39 is 0 Å². The fourth-order valence-electron chi connectivity index (χ4n) is 4.62. The van der Waals surface area contributed by atoms with E-state index >= 15 is 0 Å². The molecule has 0 N–H and O–H groups in total. The summed E-state index contributed by atoms with van der Waals surface area (Å²) in [6.07, 6.45) is 4.50. The van der Waals surface area contributed by atoms with E-state index in [1.807, 2.05) is 0 Å². The molecule has 2 bridgehead atoms. The fourth-order valence-corrected chi connectivity index (χ4v) is 4.62. The lowest BCUT2D eigenvalue weighted by molar-refractivity contribution is -0.130. The molecule has 2 aliphatic heterocycles. The predicted molar refractivity (Wildman–Crippen MR) is 62.8 cm³/mol. The first-order valence-electron chi connectivity index (χ1n) is 7.00. The summed E-state index contributed by atoms with van der Waals surface area (Å²) in [5, 5.41) is 0. The van der Waals surface area contributed by atoms with Crippen LogP contribution in [0.5, 0.6) is 0 Å². The molecule has 3 heteroatoms. The molecular weight excluding hydrogens is 216 g/mol. The SMILES string of the molecule is CC1(C)[C@H]2C[C@@H]3O[C@]3(C[C@@H]3COCCO3)[C@@H]1C2. The third-order valence-corrected chi connectivity index (χ3v) is 5.84. The Bertz CT molecular complexity index is 334. The molecule has 0 radical (unpaired) electrons. The minimum Gasteiger partial charge on any atom is -0.376 e. The van der Waals surface area contributed by atoms with E-state index in [9.17, 15) is 0 Å². The van der Waals surface area contributed by atoms with Crippen LogP contribution in [0.4, 0.5) is 0 Å². The van der Waals surface area contributed by atoms with E-state index in [0.29, 0.717) is 11.5 Å². The van der Waals surface area contributed by atoms with Crippen LogP contribution in [0.15, 0.2) is 0 Å². The van der Waals surface area contributed by atoms with Crippen molar-refractivity contribution in [1.82, 2.24) is 0 Å². The van der Waals surface area contributed by atoms with Gasteiger partial charge in [0.15, 0.2) is 0 Å².